The Hall–Kier alpha value is -2.58. The Bertz CT molecular complexity index is 1070. The normalized spacial score (nSPS) is 14.8. The van der Waals surface area contributed by atoms with E-state index in [9.17, 15) is 13.2 Å². The molecule has 0 aliphatic carbocycles. The van der Waals surface area contributed by atoms with Gasteiger partial charge in [0, 0.05) is 43.5 Å². The molecular weight excluding hydrogens is 438 g/mol. The number of hydrogen-bond acceptors (Lipinski definition) is 5. The summed E-state index contributed by atoms with van der Waals surface area (Å²) in [5.74, 6) is -0.0655. The molecule has 0 saturated carbocycles. The Morgan fingerprint density at radius 2 is 1.70 bits per heavy atom. The van der Waals surface area contributed by atoms with Crippen LogP contribution in [0.5, 0.6) is 5.75 Å². The third-order valence-corrected chi connectivity index (χ3v) is 7.34. The monoisotopic (exact) mass is 473 g/mol. The summed E-state index contributed by atoms with van der Waals surface area (Å²) >= 11 is 0. The zero-order chi connectivity index (χ0) is 24.2. The lowest BCUT2D eigenvalue weighted by molar-refractivity contribution is 0.0785. The number of carbonyl (C=O) groups excluding carboxylic acids is 1. The third kappa shape index (κ3) is 6.48. The van der Waals surface area contributed by atoms with Crippen LogP contribution >= 0.6 is 0 Å². The second kappa shape index (κ2) is 10.1. The van der Waals surface area contributed by atoms with E-state index >= 15 is 0 Å². The van der Waals surface area contributed by atoms with E-state index in [1.54, 1.807) is 38.8 Å². The van der Waals surface area contributed by atoms with Crippen molar-refractivity contribution >= 4 is 21.6 Å². The number of rotatable bonds is 7. The second-order valence-electron chi connectivity index (χ2n) is 9.60. The highest BCUT2D eigenvalue weighted by Crippen LogP contribution is 2.27. The maximum atomic E-state index is 13.1. The van der Waals surface area contributed by atoms with Gasteiger partial charge in [-0.2, -0.15) is 0 Å². The predicted molar refractivity (Wildman–Crippen MR) is 131 cm³/mol. The molecule has 0 aromatic heterocycles. The molecule has 33 heavy (non-hydrogen) atoms. The standard InChI is InChI=1S/C25H35N3O4S/c1-25(2,3)26-33(30,31)23-17-20(11-14-22(23)32-5)24(29)27(4)18-19-9-12-21(13-10-19)28-15-7-6-8-16-28/h9-14,17,26H,6-8,15-16,18H2,1-5H3. The van der Waals surface area contributed by atoms with Crippen molar-refractivity contribution in [3.8, 4) is 5.75 Å². The van der Waals surface area contributed by atoms with Crippen molar-refractivity contribution in [1.82, 2.24) is 9.62 Å². The van der Waals surface area contributed by atoms with Gasteiger partial charge in [0.05, 0.1) is 7.11 Å². The van der Waals surface area contributed by atoms with Crippen LogP contribution in [0.3, 0.4) is 0 Å². The number of benzene rings is 2. The van der Waals surface area contributed by atoms with Crippen molar-refractivity contribution in [2.45, 2.75) is 57.0 Å². The molecule has 7 nitrogen and oxygen atoms in total. The molecule has 8 heteroatoms. The number of ether oxygens (including phenoxy) is 1. The summed E-state index contributed by atoms with van der Waals surface area (Å²) < 4.78 is 33.7. The van der Waals surface area contributed by atoms with Crippen molar-refractivity contribution < 1.29 is 17.9 Å². The van der Waals surface area contributed by atoms with E-state index in [-0.39, 0.29) is 22.1 Å². The zero-order valence-electron chi connectivity index (χ0n) is 20.2. The van der Waals surface area contributed by atoms with E-state index in [4.69, 9.17) is 4.74 Å². The molecule has 1 aliphatic heterocycles. The number of amides is 1. The predicted octanol–water partition coefficient (Wildman–Crippen LogP) is 4.03. The van der Waals surface area contributed by atoms with Gasteiger partial charge in [0.25, 0.3) is 5.91 Å². The fraction of sp³-hybridized carbons (Fsp3) is 0.480. The maximum Gasteiger partial charge on any atom is 0.253 e. The number of anilines is 1. The first kappa shape index (κ1) is 25.1. The largest absolute Gasteiger partial charge is 0.495 e. The van der Waals surface area contributed by atoms with E-state index in [1.165, 1.54) is 44.2 Å². The summed E-state index contributed by atoms with van der Waals surface area (Å²) in [4.78, 5) is 17.0. The first-order chi connectivity index (χ1) is 15.5. The van der Waals surface area contributed by atoms with Gasteiger partial charge in [-0.15, -0.1) is 0 Å². The Morgan fingerprint density at radius 1 is 1.06 bits per heavy atom. The van der Waals surface area contributed by atoms with Crippen molar-refractivity contribution in [3.05, 3.63) is 53.6 Å². The molecule has 3 rings (SSSR count). The molecule has 2 aromatic rings. The van der Waals surface area contributed by atoms with Crippen molar-refractivity contribution in [2.24, 2.45) is 0 Å². The van der Waals surface area contributed by atoms with Crippen LogP contribution in [-0.2, 0) is 16.6 Å². The number of sulfonamides is 1. The maximum absolute atomic E-state index is 13.1. The van der Waals surface area contributed by atoms with Crippen LogP contribution in [0.15, 0.2) is 47.4 Å². The molecular formula is C25H35N3O4S. The highest BCUT2D eigenvalue weighted by atomic mass is 32.2. The topological polar surface area (TPSA) is 79.0 Å². The fourth-order valence-electron chi connectivity index (χ4n) is 4.01. The molecule has 0 bridgehead atoms. The summed E-state index contributed by atoms with van der Waals surface area (Å²) in [6, 6.07) is 12.8. The number of methoxy groups -OCH3 is 1. The molecule has 180 valence electrons. The van der Waals surface area contributed by atoms with Gasteiger partial charge in [-0.3, -0.25) is 4.79 Å². The van der Waals surface area contributed by atoms with Gasteiger partial charge in [0.15, 0.2) is 0 Å². The van der Waals surface area contributed by atoms with Crippen LogP contribution in [0.2, 0.25) is 0 Å². The lowest BCUT2D eigenvalue weighted by atomic mass is 10.1. The SMILES string of the molecule is COc1ccc(C(=O)N(C)Cc2ccc(N3CCCCC3)cc2)cc1S(=O)(=O)NC(C)(C)C. The van der Waals surface area contributed by atoms with Gasteiger partial charge in [0.1, 0.15) is 10.6 Å². The van der Waals surface area contributed by atoms with Crippen LogP contribution in [0.1, 0.15) is 56.0 Å². The highest BCUT2D eigenvalue weighted by molar-refractivity contribution is 7.89. The van der Waals surface area contributed by atoms with Gasteiger partial charge in [0.2, 0.25) is 10.0 Å². The highest BCUT2D eigenvalue weighted by Gasteiger charge is 2.27. The minimum absolute atomic E-state index is 0.0509. The summed E-state index contributed by atoms with van der Waals surface area (Å²) in [5.41, 5.74) is 1.85. The number of nitrogens with zero attached hydrogens (tertiary/aromatic N) is 2. The van der Waals surface area contributed by atoms with E-state index in [1.807, 2.05) is 12.1 Å². The molecule has 1 amide bonds. The van der Waals surface area contributed by atoms with Gasteiger partial charge in [-0.05, 0) is 75.9 Å². The number of piperidine rings is 1. The van der Waals surface area contributed by atoms with Crippen LogP contribution < -0.4 is 14.4 Å². The molecule has 1 N–H and O–H groups in total. The fourth-order valence-corrected chi connectivity index (χ4v) is 5.62. The van der Waals surface area contributed by atoms with Crippen LogP contribution in [0.25, 0.3) is 0 Å². The first-order valence-electron chi connectivity index (χ1n) is 11.3. The van der Waals surface area contributed by atoms with Crippen LogP contribution in [0, 0.1) is 0 Å². The molecule has 0 unspecified atom stereocenters. The zero-order valence-corrected chi connectivity index (χ0v) is 21.0. The Labute approximate surface area is 197 Å². The Kier molecular flexibility index (Phi) is 7.69. The molecule has 1 aliphatic rings. The van der Waals surface area contributed by atoms with Gasteiger partial charge >= 0.3 is 0 Å². The second-order valence-corrected chi connectivity index (χ2v) is 11.2. The average Bonchev–Trinajstić information content (AvgIpc) is 2.77. The van der Waals surface area contributed by atoms with Gasteiger partial charge < -0.3 is 14.5 Å². The smallest absolute Gasteiger partial charge is 0.253 e. The van der Waals surface area contributed by atoms with E-state index in [0.29, 0.717) is 6.54 Å². The van der Waals surface area contributed by atoms with Crippen molar-refractivity contribution in [3.63, 3.8) is 0 Å². The number of hydrogen-bond donors (Lipinski definition) is 1. The molecule has 0 radical (unpaired) electrons. The Morgan fingerprint density at radius 3 is 2.27 bits per heavy atom. The minimum atomic E-state index is -3.87. The van der Waals surface area contributed by atoms with E-state index < -0.39 is 15.6 Å². The summed E-state index contributed by atoms with van der Waals surface area (Å²) in [7, 11) is -0.743. The van der Waals surface area contributed by atoms with E-state index in [2.05, 4.69) is 21.8 Å². The first-order valence-corrected chi connectivity index (χ1v) is 12.8. The Balaban J connectivity index is 1.76. The number of nitrogens with one attached hydrogen (secondary N) is 1. The number of carbonyl (C=O) groups is 1. The average molecular weight is 474 g/mol. The molecule has 2 aromatic carbocycles. The molecule has 0 spiro atoms. The van der Waals surface area contributed by atoms with Crippen LogP contribution in [-0.4, -0.2) is 52.0 Å². The third-order valence-electron chi connectivity index (χ3n) is 5.56. The van der Waals surface area contributed by atoms with Gasteiger partial charge in [-0.25, -0.2) is 13.1 Å². The van der Waals surface area contributed by atoms with Crippen LogP contribution in [0.4, 0.5) is 5.69 Å². The minimum Gasteiger partial charge on any atom is -0.495 e. The quantitative estimate of drug-likeness (QED) is 0.657. The molecule has 0 atom stereocenters. The lowest BCUT2D eigenvalue weighted by Gasteiger charge is -2.29. The summed E-state index contributed by atoms with van der Waals surface area (Å²) in [6.07, 6.45) is 3.75. The van der Waals surface area contributed by atoms with Crippen molar-refractivity contribution in [1.29, 1.82) is 0 Å². The van der Waals surface area contributed by atoms with Gasteiger partial charge in [-0.1, -0.05) is 12.1 Å². The van der Waals surface area contributed by atoms with Crippen molar-refractivity contribution in [2.75, 3.05) is 32.1 Å². The summed E-state index contributed by atoms with van der Waals surface area (Å²) in [6.45, 7) is 7.88. The molecule has 1 saturated heterocycles. The summed E-state index contributed by atoms with van der Waals surface area (Å²) in [5, 5.41) is 0. The molecule has 1 fully saturated rings. The lowest BCUT2D eigenvalue weighted by Crippen LogP contribution is -2.40. The van der Waals surface area contributed by atoms with E-state index in [0.717, 1.165) is 18.7 Å². The molecule has 1 heterocycles.